The third-order valence-corrected chi connectivity index (χ3v) is 5.07. The molecule has 0 aliphatic carbocycles. The second-order valence-electron chi connectivity index (χ2n) is 5.69. The van der Waals surface area contributed by atoms with Gasteiger partial charge < -0.3 is 4.90 Å². The fourth-order valence-corrected chi connectivity index (χ4v) is 3.53. The number of nitrogens with one attached hydrogen (secondary N) is 1. The lowest BCUT2D eigenvalue weighted by Gasteiger charge is -2.25. The van der Waals surface area contributed by atoms with Gasteiger partial charge in [-0.05, 0) is 12.5 Å². The largest absolute Gasteiger partial charge is 0.333 e. The molecule has 1 N–H and O–H groups in total. The molecular weight excluding hydrogens is 340 g/mol. The first kappa shape index (κ1) is 18.9. The molecule has 0 saturated carbocycles. The van der Waals surface area contributed by atoms with Crippen LogP contribution in [0.1, 0.15) is 12.5 Å². The predicted octanol–water partition coefficient (Wildman–Crippen LogP) is 1.30. The van der Waals surface area contributed by atoms with Crippen molar-refractivity contribution in [2.75, 3.05) is 6.54 Å². The summed E-state index contributed by atoms with van der Waals surface area (Å²) in [6.45, 7) is 5.90. The molecule has 0 aliphatic rings. The molecule has 1 heterocycles. The maximum Gasteiger partial charge on any atom is 0.244 e. The van der Waals surface area contributed by atoms with Crippen LogP contribution in [0.15, 0.2) is 60.3 Å². The number of sulfonamides is 1. The van der Waals surface area contributed by atoms with E-state index in [4.69, 9.17) is 0 Å². The van der Waals surface area contributed by atoms with Crippen molar-refractivity contribution in [1.29, 1.82) is 0 Å². The van der Waals surface area contributed by atoms with E-state index < -0.39 is 16.1 Å². The standard InChI is InChI=1S/C17H22N4O3S/c1-4-10-21(12-15-8-6-5-7-9-15)17(22)14(2)19-25(23,24)16-11-18-20(3)13-16/h4-9,11,13-14,19H,1,10,12H2,2-3H3/t14-/m0/s1. The molecule has 0 radical (unpaired) electrons. The Labute approximate surface area is 148 Å². The summed E-state index contributed by atoms with van der Waals surface area (Å²) < 4.78 is 28.5. The second-order valence-corrected chi connectivity index (χ2v) is 7.40. The smallest absolute Gasteiger partial charge is 0.244 e. The van der Waals surface area contributed by atoms with E-state index in [1.165, 1.54) is 24.0 Å². The van der Waals surface area contributed by atoms with Crippen molar-refractivity contribution in [2.45, 2.75) is 24.4 Å². The number of nitrogens with zero attached hydrogens (tertiary/aromatic N) is 3. The Morgan fingerprint density at radius 2 is 2.08 bits per heavy atom. The average molecular weight is 362 g/mol. The number of benzene rings is 1. The Morgan fingerprint density at radius 1 is 1.40 bits per heavy atom. The zero-order chi connectivity index (χ0) is 18.4. The molecule has 1 aromatic heterocycles. The second kappa shape index (κ2) is 8.09. The summed E-state index contributed by atoms with van der Waals surface area (Å²) in [5.74, 6) is -0.323. The molecular formula is C17H22N4O3S. The first-order valence-electron chi connectivity index (χ1n) is 7.78. The molecule has 25 heavy (non-hydrogen) atoms. The summed E-state index contributed by atoms with van der Waals surface area (Å²) >= 11 is 0. The van der Waals surface area contributed by atoms with Crippen LogP contribution < -0.4 is 4.72 Å². The Hall–Kier alpha value is -2.45. The van der Waals surface area contributed by atoms with E-state index in [2.05, 4.69) is 16.4 Å². The Balaban J connectivity index is 2.11. The van der Waals surface area contributed by atoms with Gasteiger partial charge in [-0.1, -0.05) is 36.4 Å². The van der Waals surface area contributed by atoms with Gasteiger partial charge in [-0.3, -0.25) is 9.48 Å². The summed E-state index contributed by atoms with van der Waals surface area (Å²) in [5.41, 5.74) is 0.958. The number of hydrogen-bond donors (Lipinski definition) is 1. The predicted molar refractivity (Wildman–Crippen MR) is 95.0 cm³/mol. The minimum atomic E-state index is -3.81. The molecule has 2 rings (SSSR count). The van der Waals surface area contributed by atoms with Crippen LogP contribution >= 0.6 is 0 Å². The van der Waals surface area contributed by atoms with Crippen LogP contribution in [0.4, 0.5) is 0 Å². The van der Waals surface area contributed by atoms with Gasteiger partial charge in [-0.2, -0.15) is 9.82 Å². The molecule has 134 valence electrons. The Kier molecular flexibility index (Phi) is 6.11. The van der Waals surface area contributed by atoms with Gasteiger partial charge in [-0.15, -0.1) is 6.58 Å². The minimum absolute atomic E-state index is 0.0213. The van der Waals surface area contributed by atoms with Crippen molar-refractivity contribution in [1.82, 2.24) is 19.4 Å². The summed E-state index contributed by atoms with van der Waals surface area (Å²) in [6, 6.07) is 8.59. The lowest BCUT2D eigenvalue weighted by Crippen LogP contribution is -2.46. The molecule has 7 nitrogen and oxygen atoms in total. The van der Waals surface area contributed by atoms with Gasteiger partial charge in [0.15, 0.2) is 0 Å². The molecule has 1 atom stereocenters. The molecule has 0 unspecified atom stereocenters. The molecule has 0 saturated heterocycles. The molecule has 0 spiro atoms. The van der Waals surface area contributed by atoms with Crippen LogP contribution in [0, 0.1) is 0 Å². The van der Waals surface area contributed by atoms with Gasteiger partial charge in [0.1, 0.15) is 4.90 Å². The first-order valence-corrected chi connectivity index (χ1v) is 9.26. The summed E-state index contributed by atoms with van der Waals surface area (Å²) in [5, 5.41) is 3.84. The molecule has 0 bridgehead atoms. The van der Waals surface area contributed by atoms with E-state index in [0.717, 1.165) is 5.56 Å². The molecule has 0 aliphatic heterocycles. The van der Waals surface area contributed by atoms with Gasteiger partial charge in [0, 0.05) is 26.3 Å². The van der Waals surface area contributed by atoms with Crippen LogP contribution in [0.3, 0.4) is 0 Å². The lowest BCUT2D eigenvalue weighted by molar-refractivity contribution is -0.132. The maximum atomic E-state index is 12.7. The quantitative estimate of drug-likeness (QED) is 0.718. The first-order chi connectivity index (χ1) is 11.8. The van der Waals surface area contributed by atoms with Crippen LogP contribution in [-0.4, -0.2) is 41.6 Å². The van der Waals surface area contributed by atoms with Crippen molar-refractivity contribution in [3.63, 3.8) is 0 Å². The van der Waals surface area contributed by atoms with Crippen molar-refractivity contribution < 1.29 is 13.2 Å². The van der Waals surface area contributed by atoms with E-state index in [1.54, 1.807) is 18.0 Å². The fraction of sp³-hybridized carbons (Fsp3) is 0.294. The zero-order valence-electron chi connectivity index (χ0n) is 14.3. The average Bonchev–Trinajstić information content (AvgIpc) is 3.02. The van der Waals surface area contributed by atoms with E-state index >= 15 is 0 Å². The van der Waals surface area contributed by atoms with E-state index in [9.17, 15) is 13.2 Å². The molecule has 8 heteroatoms. The van der Waals surface area contributed by atoms with E-state index in [-0.39, 0.29) is 10.8 Å². The van der Waals surface area contributed by atoms with Crippen LogP contribution in [0.25, 0.3) is 0 Å². The van der Waals surface area contributed by atoms with Gasteiger partial charge in [0.2, 0.25) is 15.9 Å². The number of carbonyl (C=O) groups is 1. The minimum Gasteiger partial charge on any atom is -0.333 e. The maximum absolute atomic E-state index is 12.7. The number of carbonyl (C=O) groups excluding carboxylic acids is 1. The van der Waals surface area contributed by atoms with Crippen molar-refractivity contribution >= 4 is 15.9 Å². The number of rotatable bonds is 8. The topological polar surface area (TPSA) is 84.3 Å². The summed E-state index contributed by atoms with van der Waals surface area (Å²) in [7, 11) is -2.19. The SMILES string of the molecule is C=CCN(Cc1ccccc1)C(=O)[C@H](C)NS(=O)(=O)c1cnn(C)c1. The van der Waals surface area contributed by atoms with Gasteiger partial charge in [0.25, 0.3) is 0 Å². The number of aryl methyl sites for hydroxylation is 1. The van der Waals surface area contributed by atoms with Crippen molar-refractivity contribution in [3.8, 4) is 0 Å². The zero-order valence-corrected chi connectivity index (χ0v) is 15.1. The number of amides is 1. The van der Waals surface area contributed by atoms with Gasteiger partial charge >= 0.3 is 0 Å². The Morgan fingerprint density at radius 3 is 2.64 bits per heavy atom. The molecule has 0 fully saturated rings. The van der Waals surface area contributed by atoms with Gasteiger partial charge in [-0.25, -0.2) is 8.42 Å². The highest BCUT2D eigenvalue weighted by Gasteiger charge is 2.26. The summed E-state index contributed by atoms with van der Waals surface area (Å²) in [6.07, 6.45) is 4.24. The fourth-order valence-electron chi connectivity index (χ4n) is 2.35. The van der Waals surface area contributed by atoms with Crippen molar-refractivity contribution in [2.24, 2.45) is 7.05 Å². The highest BCUT2D eigenvalue weighted by molar-refractivity contribution is 7.89. The summed E-state index contributed by atoms with van der Waals surface area (Å²) in [4.78, 5) is 14.3. The van der Waals surface area contributed by atoms with Crippen LogP contribution in [0.5, 0.6) is 0 Å². The third kappa shape index (κ3) is 5.01. The highest BCUT2D eigenvalue weighted by atomic mass is 32.2. The Bertz CT molecular complexity index is 831. The van der Waals surface area contributed by atoms with E-state index in [0.29, 0.717) is 13.1 Å². The van der Waals surface area contributed by atoms with Crippen LogP contribution in [-0.2, 0) is 28.4 Å². The number of hydrogen-bond acceptors (Lipinski definition) is 4. The lowest BCUT2D eigenvalue weighted by atomic mass is 10.2. The molecule has 2 aromatic rings. The van der Waals surface area contributed by atoms with Crippen LogP contribution in [0.2, 0.25) is 0 Å². The molecule has 1 aromatic carbocycles. The van der Waals surface area contributed by atoms with Gasteiger partial charge in [0.05, 0.1) is 12.2 Å². The van der Waals surface area contributed by atoms with Crippen molar-refractivity contribution in [3.05, 3.63) is 60.9 Å². The monoisotopic (exact) mass is 362 g/mol. The third-order valence-electron chi connectivity index (χ3n) is 3.57. The number of aromatic nitrogens is 2. The van der Waals surface area contributed by atoms with E-state index in [1.807, 2.05) is 30.3 Å². The normalized spacial score (nSPS) is 12.6. The highest BCUT2D eigenvalue weighted by Crippen LogP contribution is 2.10. The molecule has 1 amide bonds.